The normalized spacial score (nSPS) is 10.3. The Morgan fingerprint density at radius 2 is 2.11 bits per heavy atom. The monoisotopic (exact) mass is 320 g/mol. The molecule has 3 N–H and O–H groups in total. The van der Waals surface area contributed by atoms with Gasteiger partial charge in [-0.15, -0.1) is 0 Å². The number of anilines is 2. The number of amides is 1. The molecule has 2 rings (SSSR count). The first kappa shape index (κ1) is 13.5. The number of halogens is 1. The summed E-state index contributed by atoms with van der Waals surface area (Å²) in [5.74, 6) is 0.183. The van der Waals surface area contributed by atoms with Crippen molar-refractivity contribution in [2.24, 2.45) is 0 Å². The summed E-state index contributed by atoms with van der Waals surface area (Å²) in [6.45, 7) is 3.68. The number of pyridine rings is 2. The number of carbonyl (C=O) groups excluding carboxylic acids is 1. The molecule has 0 bridgehead atoms. The summed E-state index contributed by atoms with van der Waals surface area (Å²) in [4.78, 5) is 20.5. The van der Waals surface area contributed by atoms with E-state index in [1.54, 1.807) is 25.1 Å². The van der Waals surface area contributed by atoms with E-state index in [0.717, 1.165) is 5.69 Å². The van der Waals surface area contributed by atoms with E-state index >= 15 is 0 Å². The lowest BCUT2D eigenvalue weighted by molar-refractivity contribution is 0.102. The standard InChI is InChI=1S/C13H13BrN4O/c1-7-3-4-10(8(2)17-7)13(19)18-12-11(14)5-9(15)6-16-12/h3-6H,15H2,1-2H3,(H,16,18,19). The van der Waals surface area contributed by atoms with Crippen molar-refractivity contribution in [3.8, 4) is 0 Å². The highest BCUT2D eigenvalue weighted by Gasteiger charge is 2.12. The van der Waals surface area contributed by atoms with Crippen LogP contribution in [0, 0.1) is 13.8 Å². The molecule has 0 aliphatic heterocycles. The molecule has 5 nitrogen and oxygen atoms in total. The number of hydrogen-bond donors (Lipinski definition) is 2. The Morgan fingerprint density at radius 1 is 1.37 bits per heavy atom. The maximum Gasteiger partial charge on any atom is 0.258 e. The third-order valence-corrected chi connectivity index (χ3v) is 3.17. The number of nitrogens with zero attached hydrogens (tertiary/aromatic N) is 2. The van der Waals surface area contributed by atoms with Crippen molar-refractivity contribution in [1.82, 2.24) is 9.97 Å². The Kier molecular flexibility index (Phi) is 3.80. The smallest absolute Gasteiger partial charge is 0.258 e. The minimum absolute atomic E-state index is 0.247. The van der Waals surface area contributed by atoms with E-state index in [0.29, 0.717) is 27.2 Å². The summed E-state index contributed by atoms with van der Waals surface area (Å²) in [6, 6.07) is 5.23. The van der Waals surface area contributed by atoms with Crippen LogP contribution < -0.4 is 11.1 Å². The molecule has 2 heterocycles. The quantitative estimate of drug-likeness (QED) is 0.891. The minimum Gasteiger partial charge on any atom is -0.397 e. The van der Waals surface area contributed by atoms with Crippen molar-refractivity contribution in [2.75, 3.05) is 11.1 Å². The predicted octanol–water partition coefficient (Wildman–Crippen LogP) is 2.69. The summed E-state index contributed by atoms with van der Waals surface area (Å²) in [6.07, 6.45) is 1.49. The zero-order valence-electron chi connectivity index (χ0n) is 10.6. The molecule has 0 unspecified atom stereocenters. The molecule has 2 aromatic rings. The van der Waals surface area contributed by atoms with Gasteiger partial charge in [0.2, 0.25) is 0 Å². The second-order valence-electron chi connectivity index (χ2n) is 4.14. The van der Waals surface area contributed by atoms with Gasteiger partial charge in [0.05, 0.1) is 27.6 Å². The summed E-state index contributed by atoms with van der Waals surface area (Å²) >= 11 is 3.31. The first-order valence-electron chi connectivity index (χ1n) is 5.64. The highest BCUT2D eigenvalue weighted by atomic mass is 79.9. The van der Waals surface area contributed by atoms with Crippen LogP contribution in [0.25, 0.3) is 0 Å². The van der Waals surface area contributed by atoms with Crippen molar-refractivity contribution in [3.05, 3.63) is 45.8 Å². The molecule has 98 valence electrons. The molecule has 0 aliphatic carbocycles. The zero-order chi connectivity index (χ0) is 14.0. The van der Waals surface area contributed by atoms with E-state index in [-0.39, 0.29) is 5.91 Å². The Morgan fingerprint density at radius 3 is 2.74 bits per heavy atom. The highest BCUT2D eigenvalue weighted by Crippen LogP contribution is 2.22. The largest absolute Gasteiger partial charge is 0.397 e. The molecule has 0 saturated carbocycles. The minimum atomic E-state index is -0.247. The van der Waals surface area contributed by atoms with Gasteiger partial charge in [0.15, 0.2) is 0 Å². The third kappa shape index (κ3) is 3.08. The number of hydrogen-bond acceptors (Lipinski definition) is 4. The lowest BCUT2D eigenvalue weighted by atomic mass is 10.1. The van der Waals surface area contributed by atoms with Gasteiger partial charge < -0.3 is 11.1 Å². The Balaban J connectivity index is 2.25. The number of aryl methyl sites for hydroxylation is 2. The molecule has 0 atom stereocenters. The van der Waals surface area contributed by atoms with Crippen molar-refractivity contribution < 1.29 is 4.79 Å². The molecule has 0 aromatic carbocycles. The van der Waals surface area contributed by atoms with Crippen LogP contribution in [0.5, 0.6) is 0 Å². The second kappa shape index (κ2) is 5.36. The molecule has 19 heavy (non-hydrogen) atoms. The van der Waals surface area contributed by atoms with Crippen LogP contribution in [0.15, 0.2) is 28.9 Å². The van der Waals surface area contributed by atoms with E-state index in [9.17, 15) is 4.79 Å². The summed E-state index contributed by atoms with van der Waals surface area (Å²) in [5, 5.41) is 2.72. The lowest BCUT2D eigenvalue weighted by Gasteiger charge is -2.08. The molecule has 0 spiro atoms. The fourth-order valence-corrected chi connectivity index (χ4v) is 2.11. The number of aromatic nitrogens is 2. The van der Waals surface area contributed by atoms with Crippen LogP contribution in [0.4, 0.5) is 11.5 Å². The van der Waals surface area contributed by atoms with Crippen LogP contribution in [-0.4, -0.2) is 15.9 Å². The van der Waals surface area contributed by atoms with Crippen molar-refractivity contribution >= 4 is 33.3 Å². The lowest BCUT2D eigenvalue weighted by Crippen LogP contribution is -2.15. The number of nitrogens with one attached hydrogen (secondary N) is 1. The van der Waals surface area contributed by atoms with Crippen molar-refractivity contribution in [3.63, 3.8) is 0 Å². The van der Waals surface area contributed by atoms with Crippen LogP contribution in [0.2, 0.25) is 0 Å². The van der Waals surface area contributed by atoms with Gasteiger partial charge in [-0.25, -0.2) is 4.98 Å². The first-order chi connectivity index (χ1) is 8.97. The SMILES string of the molecule is Cc1ccc(C(=O)Nc2ncc(N)cc2Br)c(C)n1. The van der Waals surface area contributed by atoms with Gasteiger partial charge in [0.25, 0.3) is 5.91 Å². The molecular weight excluding hydrogens is 308 g/mol. The van der Waals surface area contributed by atoms with Crippen molar-refractivity contribution in [2.45, 2.75) is 13.8 Å². The third-order valence-electron chi connectivity index (χ3n) is 2.56. The Bertz CT molecular complexity index is 643. The maximum absolute atomic E-state index is 12.1. The van der Waals surface area contributed by atoms with Crippen LogP contribution in [-0.2, 0) is 0 Å². The topological polar surface area (TPSA) is 80.9 Å². The van der Waals surface area contributed by atoms with Gasteiger partial charge in [-0.1, -0.05) is 0 Å². The molecule has 0 saturated heterocycles. The summed E-state index contributed by atoms with van der Waals surface area (Å²) in [7, 11) is 0. The fourth-order valence-electron chi connectivity index (χ4n) is 1.65. The molecule has 1 amide bonds. The van der Waals surface area contributed by atoms with Crippen molar-refractivity contribution in [1.29, 1.82) is 0 Å². The Hall–Kier alpha value is -1.95. The van der Waals surface area contributed by atoms with Gasteiger partial charge in [0.1, 0.15) is 5.82 Å². The number of nitrogen functional groups attached to an aromatic ring is 1. The molecular formula is C13H13BrN4O. The average molecular weight is 321 g/mol. The number of carbonyl (C=O) groups is 1. The van der Waals surface area contributed by atoms with E-state index < -0.39 is 0 Å². The molecule has 0 radical (unpaired) electrons. The zero-order valence-corrected chi connectivity index (χ0v) is 12.2. The van der Waals surface area contributed by atoms with E-state index in [2.05, 4.69) is 31.2 Å². The molecule has 2 aromatic heterocycles. The molecule has 0 fully saturated rings. The van der Waals surface area contributed by atoms with E-state index in [1.165, 1.54) is 6.20 Å². The van der Waals surface area contributed by atoms with E-state index in [4.69, 9.17) is 5.73 Å². The van der Waals surface area contributed by atoms with Gasteiger partial charge in [-0.05, 0) is 48.0 Å². The van der Waals surface area contributed by atoms with Gasteiger partial charge in [0, 0.05) is 5.69 Å². The van der Waals surface area contributed by atoms with E-state index in [1.807, 2.05) is 6.92 Å². The van der Waals surface area contributed by atoms with Crippen LogP contribution in [0.3, 0.4) is 0 Å². The maximum atomic E-state index is 12.1. The molecule has 6 heteroatoms. The van der Waals surface area contributed by atoms with Gasteiger partial charge in [-0.2, -0.15) is 0 Å². The second-order valence-corrected chi connectivity index (χ2v) is 4.99. The summed E-state index contributed by atoms with van der Waals surface area (Å²) < 4.78 is 0.638. The Labute approximate surface area is 119 Å². The molecule has 0 aliphatic rings. The van der Waals surface area contributed by atoms with Gasteiger partial charge in [-0.3, -0.25) is 9.78 Å². The predicted molar refractivity (Wildman–Crippen MR) is 78.0 cm³/mol. The first-order valence-corrected chi connectivity index (χ1v) is 6.43. The van der Waals surface area contributed by atoms with Crippen LogP contribution >= 0.6 is 15.9 Å². The number of nitrogens with two attached hydrogens (primary N) is 1. The number of rotatable bonds is 2. The fraction of sp³-hybridized carbons (Fsp3) is 0.154. The average Bonchev–Trinajstić information content (AvgIpc) is 2.32. The highest BCUT2D eigenvalue weighted by molar-refractivity contribution is 9.10. The van der Waals surface area contributed by atoms with Gasteiger partial charge >= 0.3 is 0 Å². The summed E-state index contributed by atoms with van der Waals surface area (Å²) in [5.41, 5.74) is 8.21. The van der Waals surface area contributed by atoms with Crippen LogP contribution in [0.1, 0.15) is 21.7 Å².